The maximum Gasteiger partial charge on any atom is 0.256 e. The quantitative estimate of drug-likeness (QED) is 0.888. The number of aryl methyl sites for hydroxylation is 1. The predicted octanol–water partition coefficient (Wildman–Crippen LogP) is 3.05. The van der Waals surface area contributed by atoms with Gasteiger partial charge in [-0.15, -0.1) is 23.7 Å². The standard InChI is InChI=1S/C12H17BrN2OS.ClH/c1-7-3-9(5-14)6-15(7)12(16)10-4-8(2)17-11(10)13;/h4,7,9H,3,5-6,14H2,1-2H3;1H. The molecule has 2 atom stereocenters. The second kappa shape index (κ2) is 6.37. The van der Waals surface area contributed by atoms with Crippen LogP contribution >= 0.6 is 39.7 Å². The second-order valence-corrected chi connectivity index (χ2v) is 7.26. The zero-order valence-corrected chi connectivity index (χ0v) is 13.7. The molecule has 18 heavy (non-hydrogen) atoms. The van der Waals surface area contributed by atoms with Crippen LogP contribution in [-0.2, 0) is 0 Å². The smallest absolute Gasteiger partial charge is 0.256 e. The highest BCUT2D eigenvalue weighted by molar-refractivity contribution is 9.11. The molecular formula is C12H18BrClN2OS. The van der Waals surface area contributed by atoms with Crippen molar-refractivity contribution in [2.45, 2.75) is 26.3 Å². The third kappa shape index (κ3) is 3.07. The van der Waals surface area contributed by atoms with E-state index in [-0.39, 0.29) is 18.3 Å². The number of carbonyl (C=O) groups is 1. The van der Waals surface area contributed by atoms with Crippen LogP contribution in [0.15, 0.2) is 9.85 Å². The first kappa shape index (κ1) is 16.0. The molecule has 2 heterocycles. The van der Waals surface area contributed by atoms with Crippen LogP contribution in [0.4, 0.5) is 0 Å². The van der Waals surface area contributed by atoms with Crippen LogP contribution < -0.4 is 5.73 Å². The molecule has 1 amide bonds. The number of amides is 1. The van der Waals surface area contributed by atoms with E-state index < -0.39 is 0 Å². The fourth-order valence-electron chi connectivity index (χ4n) is 2.38. The maximum atomic E-state index is 12.4. The Bertz CT molecular complexity index is 438. The van der Waals surface area contributed by atoms with Crippen LogP contribution in [0.5, 0.6) is 0 Å². The lowest BCUT2D eigenvalue weighted by molar-refractivity contribution is 0.0743. The summed E-state index contributed by atoms with van der Waals surface area (Å²) in [5, 5.41) is 0. The van der Waals surface area contributed by atoms with E-state index in [1.165, 1.54) is 0 Å². The van der Waals surface area contributed by atoms with E-state index in [9.17, 15) is 4.79 Å². The minimum absolute atomic E-state index is 0. The Hall–Kier alpha value is -0.1000. The highest BCUT2D eigenvalue weighted by atomic mass is 79.9. The van der Waals surface area contributed by atoms with Gasteiger partial charge < -0.3 is 10.6 Å². The van der Waals surface area contributed by atoms with Crippen molar-refractivity contribution in [2.75, 3.05) is 13.1 Å². The molecule has 2 N–H and O–H groups in total. The number of nitrogens with zero attached hydrogens (tertiary/aromatic N) is 1. The monoisotopic (exact) mass is 352 g/mol. The molecule has 0 spiro atoms. The minimum atomic E-state index is 0. The Morgan fingerprint density at radius 3 is 2.78 bits per heavy atom. The molecule has 1 fully saturated rings. The van der Waals surface area contributed by atoms with E-state index in [0.29, 0.717) is 18.5 Å². The highest BCUT2D eigenvalue weighted by Gasteiger charge is 2.33. The van der Waals surface area contributed by atoms with Crippen LogP contribution in [0.25, 0.3) is 0 Å². The summed E-state index contributed by atoms with van der Waals surface area (Å²) in [5.41, 5.74) is 6.47. The molecule has 2 unspecified atom stereocenters. The summed E-state index contributed by atoms with van der Waals surface area (Å²) < 4.78 is 0.934. The van der Waals surface area contributed by atoms with Gasteiger partial charge >= 0.3 is 0 Å². The molecule has 0 aliphatic carbocycles. The Labute approximate surface area is 126 Å². The molecule has 0 radical (unpaired) electrons. The minimum Gasteiger partial charge on any atom is -0.336 e. The fourth-order valence-corrected chi connectivity index (χ4v) is 4.15. The maximum absolute atomic E-state index is 12.4. The van der Waals surface area contributed by atoms with Gasteiger partial charge in [0.15, 0.2) is 0 Å². The van der Waals surface area contributed by atoms with E-state index in [0.717, 1.165) is 27.2 Å². The second-order valence-electron chi connectivity index (χ2n) is 4.69. The average molecular weight is 354 g/mol. The van der Waals surface area contributed by atoms with Gasteiger partial charge in [-0.3, -0.25) is 4.79 Å². The third-order valence-electron chi connectivity index (χ3n) is 3.30. The fraction of sp³-hybridized carbons (Fsp3) is 0.583. The van der Waals surface area contributed by atoms with Crippen LogP contribution in [0.3, 0.4) is 0 Å². The lowest BCUT2D eigenvalue weighted by Crippen LogP contribution is -2.34. The molecule has 0 bridgehead atoms. The Morgan fingerprint density at radius 2 is 2.33 bits per heavy atom. The first-order valence-corrected chi connectivity index (χ1v) is 7.40. The van der Waals surface area contributed by atoms with Crippen LogP contribution in [0.1, 0.15) is 28.6 Å². The summed E-state index contributed by atoms with van der Waals surface area (Å²) in [7, 11) is 0. The van der Waals surface area contributed by atoms with E-state index in [2.05, 4.69) is 22.9 Å². The summed E-state index contributed by atoms with van der Waals surface area (Å²) in [6.07, 6.45) is 1.02. The number of nitrogens with two attached hydrogens (primary N) is 1. The van der Waals surface area contributed by atoms with Gasteiger partial charge in [-0.25, -0.2) is 0 Å². The first-order chi connectivity index (χ1) is 8.02. The van der Waals surface area contributed by atoms with Crippen molar-refractivity contribution >= 4 is 45.6 Å². The van der Waals surface area contributed by atoms with Crippen molar-refractivity contribution in [1.82, 2.24) is 4.90 Å². The van der Waals surface area contributed by atoms with Gasteiger partial charge in [-0.2, -0.15) is 0 Å². The van der Waals surface area contributed by atoms with Crippen LogP contribution in [0.2, 0.25) is 0 Å². The average Bonchev–Trinajstić information content (AvgIpc) is 2.81. The molecular weight excluding hydrogens is 336 g/mol. The number of hydrogen-bond donors (Lipinski definition) is 1. The van der Waals surface area contributed by atoms with Crippen molar-refractivity contribution < 1.29 is 4.79 Å². The van der Waals surface area contributed by atoms with Crippen LogP contribution in [-0.4, -0.2) is 29.9 Å². The molecule has 102 valence electrons. The summed E-state index contributed by atoms with van der Waals surface area (Å²) in [6, 6.07) is 2.25. The third-order valence-corrected chi connectivity index (χ3v) is 5.05. The van der Waals surface area contributed by atoms with E-state index in [1.807, 2.05) is 17.9 Å². The Balaban J connectivity index is 0.00000162. The molecule has 1 aliphatic rings. The molecule has 3 nitrogen and oxygen atoms in total. The predicted molar refractivity (Wildman–Crippen MR) is 81.7 cm³/mol. The molecule has 1 saturated heterocycles. The van der Waals surface area contributed by atoms with Gasteiger partial charge in [0.2, 0.25) is 0 Å². The zero-order valence-electron chi connectivity index (χ0n) is 10.5. The van der Waals surface area contributed by atoms with Gasteiger partial charge in [-0.1, -0.05) is 0 Å². The van der Waals surface area contributed by atoms with Crippen molar-refractivity contribution in [1.29, 1.82) is 0 Å². The van der Waals surface area contributed by atoms with Crippen LogP contribution in [0, 0.1) is 12.8 Å². The van der Waals surface area contributed by atoms with Gasteiger partial charge in [0.05, 0.1) is 9.35 Å². The summed E-state index contributed by atoms with van der Waals surface area (Å²) in [6.45, 7) is 5.57. The van der Waals surface area contributed by atoms with Gasteiger partial charge in [-0.05, 0) is 54.7 Å². The SMILES string of the molecule is Cc1cc(C(=O)N2CC(CN)CC2C)c(Br)s1.Cl. The molecule has 0 aromatic carbocycles. The first-order valence-electron chi connectivity index (χ1n) is 5.80. The number of hydrogen-bond acceptors (Lipinski definition) is 3. The van der Waals surface area contributed by atoms with E-state index in [4.69, 9.17) is 5.73 Å². The summed E-state index contributed by atoms with van der Waals surface area (Å²) in [4.78, 5) is 15.5. The van der Waals surface area contributed by atoms with Gasteiger partial charge in [0.1, 0.15) is 0 Å². The number of carbonyl (C=O) groups excluding carboxylic acids is 1. The topological polar surface area (TPSA) is 46.3 Å². The lowest BCUT2D eigenvalue weighted by Gasteiger charge is -2.21. The number of rotatable bonds is 2. The van der Waals surface area contributed by atoms with Crippen molar-refractivity contribution in [3.8, 4) is 0 Å². The summed E-state index contributed by atoms with van der Waals surface area (Å²) >= 11 is 5.07. The Kier molecular flexibility index (Phi) is 5.65. The largest absolute Gasteiger partial charge is 0.336 e. The van der Waals surface area contributed by atoms with E-state index in [1.54, 1.807) is 11.3 Å². The zero-order chi connectivity index (χ0) is 12.6. The van der Waals surface area contributed by atoms with Crippen molar-refractivity contribution in [3.63, 3.8) is 0 Å². The molecule has 1 aromatic rings. The summed E-state index contributed by atoms with van der Waals surface area (Å²) in [5.74, 6) is 0.581. The Morgan fingerprint density at radius 1 is 1.67 bits per heavy atom. The molecule has 1 aromatic heterocycles. The van der Waals surface area contributed by atoms with Crippen molar-refractivity contribution in [2.24, 2.45) is 11.7 Å². The number of thiophene rings is 1. The lowest BCUT2D eigenvalue weighted by atomic mass is 10.1. The molecule has 1 aliphatic heterocycles. The normalized spacial score (nSPS) is 23.0. The molecule has 2 rings (SSSR count). The van der Waals surface area contributed by atoms with Gasteiger partial charge in [0.25, 0.3) is 5.91 Å². The highest BCUT2D eigenvalue weighted by Crippen LogP contribution is 2.31. The van der Waals surface area contributed by atoms with Gasteiger partial charge in [0, 0.05) is 17.5 Å². The number of likely N-dealkylation sites (tertiary alicyclic amines) is 1. The van der Waals surface area contributed by atoms with Crippen molar-refractivity contribution in [3.05, 3.63) is 20.3 Å². The molecule has 6 heteroatoms. The van der Waals surface area contributed by atoms with E-state index >= 15 is 0 Å². The number of halogens is 2. The molecule has 0 saturated carbocycles.